The topological polar surface area (TPSA) is 159 Å². The fraction of sp³-hybridized carbons (Fsp3) is 0.455. The summed E-state index contributed by atoms with van der Waals surface area (Å²) in [5, 5.41) is 12.7. The summed E-state index contributed by atoms with van der Waals surface area (Å²) >= 11 is 0. The van der Waals surface area contributed by atoms with Gasteiger partial charge in [0.05, 0.1) is 0 Å². The normalized spacial score (nSPS) is 11.5. The molecule has 1 heterocycles. The quantitative estimate of drug-likeness (QED) is 0.417. The summed E-state index contributed by atoms with van der Waals surface area (Å²) in [6.45, 7) is 2.40. The lowest BCUT2D eigenvalue weighted by atomic mass is 10.2. The molecule has 0 aliphatic carbocycles. The third-order valence-electron chi connectivity index (χ3n) is 2.73. The van der Waals surface area contributed by atoms with Crippen LogP contribution in [0.2, 0.25) is 0 Å². The van der Waals surface area contributed by atoms with Crippen LogP contribution >= 0.6 is 0 Å². The summed E-state index contributed by atoms with van der Waals surface area (Å²) in [6.07, 6.45) is 1.22. The molecule has 0 spiro atoms. The molecule has 0 aliphatic rings. The maximum atomic E-state index is 12.0. The van der Waals surface area contributed by atoms with E-state index in [2.05, 4.69) is 4.98 Å². The molecule has 0 aromatic carbocycles. The van der Waals surface area contributed by atoms with Gasteiger partial charge in [0.25, 0.3) is 5.91 Å². The summed E-state index contributed by atoms with van der Waals surface area (Å²) in [6, 6.07) is -2.08. The number of nitrogens with zero attached hydrogens (tertiary/aromatic N) is 3. The average Bonchev–Trinajstić information content (AvgIpc) is 2.79. The minimum Gasteiger partial charge on any atom is -0.452 e. The number of hydrogen-bond acceptors (Lipinski definition) is 7. The van der Waals surface area contributed by atoms with E-state index < -0.39 is 35.5 Å². The zero-order valence-corrected chi connectivity index (χ0v) is 11.9. The van der Waals surface area contributed by atoms with Crippen molar-refractivity contribution in [3.05, 3.63) is 22.1 Å². The second-order valence-electron chi connectivity index (χ2n) is 4.23. The molecule has 1 aromatic heterocycles. The van der Waals surface area contributed by atoms with E-state index in [1.165, 1.54) is 6.92 Å². The van der Waals surface area contributed by atoms with E-state index in [4.69, 9.17) is 10.5 Å². The molecule has 11 nitrogen and oxygen atoms in total. The highest BCUT2D eigenvalue weighted by Gasteiger charge is 2.32. The van der Waals surface area contributed by atoms with Crippen LogP contribution in [0, 0.1) is 17.0 Å². The number of amides is 3. The minimum absolute atomic E-state index is 0.189. The molecule has 0 fully saturated rings. The number of esters is 1. The first-order chi connectivity index (χ1) is 10.3. The van der Waals surface area contributed by atoms with Crippen molar-refractivity contribution >= 4 is 23.7 Å². The number of hydrogen-bond donors (Lipinski definition) is 2. The zero-order chi connectivity index (χ0) is 16.9. The van der Waals surface area contributed by atoms with Gasteiger partial charge in [-0.25, -0.2) is 14.6 Å². The van der Waals surface area contributed by atoms with Gasteiger partial charge in [-0.2, -0.15) is 4.57 Å². The van der Waals surface area contributed by atoms with Crippen molar-refractivity contribution in [2.75, 3.05) is 6.61 Å². The van der Waals surface area contributed by atoms with Crippen LogP contribution in [0.1, 0.15) is 25.2 Å². The summed E-state index contributed by atoms with van der Waals surface area (Å²) in [5.41, 5.74) is 4.74. The molecule has 1 unspecified atom stereocenters. The number of primary amides is 1. The van der Waals surface area contributed by atoms with Gasteiger partial charge in [-0.1, -0.05) is 6.92 Å². The largest absolute Gasteiger partial charge is 0.452 e. The number of imide groups is 1. The van der Waals surface area contributed by atoms with E-state index in [0.717, 1.165) is 10.8 Å². The van der Waals surface area contributed by atoms with Gasteiger partial charge in [-0.15, -0.1) is 0 Å². The van der Waals surface area contributed by atoms with Crippen LogP contribution < -0.4 is 11.1 Å². The van der Waals surface area contributed by atoms with E-state index in [1.54, 1.807) is 12.2 Å². The number of carbonyl (C=O) groups excluding carboxylic acids is 3. The standard InChI is InChI=1S/C11H15N5O6/c1-3-7(10(18)22-5-8(17)14-11(12)19)15-6(2)13-4-9(15)16(20)21/h4,7H,3,5H2,1-2H3,(H3,12,14,17,19). The van der Waals surface area contributed by atoms with Gasteiger partial charge in [0.1, 0.15) is 6.20 Å². The number of rotatable bonds is 6. The number of imidazole rings is 1. The highest BCUT2D eigenvalue weighted by Crippen LogP contribution is 2.23. The Morgan fingerprint density at radius 3 is 2.68 bits per heavy atom. The molecule has 1 rings (SSSR count). The molecule has 0 saturated heterocycles. The number of aryl methyl sites for hydroxylation is 1. The van der Waals surface area contributed by atoms with E-state index in [-0.39, 0.29) is 18.1 Å². The van der Waals surface area contributed by atoms with Crippen LogP contribution in [0.25, 0.3) is 0 Å². The predicted molar refractivity (Wildman–Crippen MR) is 71.6 cm³/mol. The molecule has 3 amide bonds. The molecular weight excluding hydrogens is 298 g/mol. The predicted octanol–water partition coefficient (Wildman–Crippen LogP) is -0.211. The van der Waals surface area contributed by atoms with Crippen LogP contribution in [0.15, 0.2) is 6.20 Å². The number of nitrogens with one attached hydrogen (secondary N) is 1. The van der Waals surface area contributed by atoms with Crippen LogP contribution in [0.3, 0.4) is 0 Å². The van der Waals surface area contributed by atoms with E-state index >= 15 is 0 Å². The molecule has 0 saturated carbocycles. The van der Waals surface area contributed by atoms with Crippen molar-refractivity contribution in [2.45, 2.75) is 26.3 Å². The maximum Gasteiger partial charge on any atom is 0.352 e. The van der Waals surface area contributed by atoms with E-state index in [9.17, 15) is 24.5 Å². The SMILES string of the molecule is CCC(C(=O)OCC(=O)NC(N)=O)n1c([N+](=O)[O-])cnc1C. The van der Waals surface area contributed by atoms with Gasteiger partial charge < -0.3 is 20.6 Å². The lowest BCUT2D eigenvalue weighted by Gasteiger charge is -2.13. The van der Waals surface area contributed by atoms with Crippen LogP contribution in [-0.2, 0) is 14.3 Å². The third-order valence-corrected chi connectivity index (χ3v) is 2.73. The average molecular weight is 313 g/mol. The van der Waals surface area contributed by atoms with Gasteiger partial charge >= 0.3 is 17.8 Å². The monoisotopic (exact) mass is 313 g/mol. The number of urea groups is 1. The molecular formula is C11H15N5O6. The zero-order valence-electron chi connectivity index (χ0n) is 11.9. The van der Waals surface area contributed by atoms with Crippen molar-refractivity contribution in [2.24, 2.45) is 5.73 Å². The lowest BCUT2D eigenvalue weighted by molar-refractivity contribution is -0.392. The molecule has 0 aliphatic heterocycles. The maximum absolute atomic E-state index is 12.0. The first kappa shape index (κ1) is 17.1. The van der Waals surface area contributed by atoms with Crippen molar-refractivity contribution in [1.82, 2.24) is 14.9 Å². The summed E-state index contributed by atoms with van der Waals surface area (Å²) in [4.78, 5) is 47.7. The van der Waals surface area contributed by atoms with Crippen molar-refractivity contribution < 1.29 is 24.0 Å². The third kappa shape index (κ3) is 4.01. The Hall–Kier alpha value is -2.98. The highest BCUT2D eigenvalue weighted by atomic mass is 16.6. The molecule has 0 bridgehead atoms. The highest BCUT2D eigenvalue weighted by molar-refractivity contribution is 5.94. The molecule has 120 valence electrons. The fourth-order valence-electron chi connectivity index (χ4n) is 1.82. The number of ether oxygens (including phenoxy) is 1. The van der Waals surface area contributed by atoms with Gasteiger partial charge in [0.15, 0.2) is 18.5 Å². The summed E-state index contributed by atoms with van der Waals surface area (Å²) < 4.78 is 5.86. The number of carbonyl (C=O) groups is 3. The van der Waals surface area contributed by atoms with Crippen molar-refractivity contribution in [1.29, 1.82) is 0 Å². The van der Waals surface area contributed by atoms with E-state index in [1.807, 2.05) is 0 Å². The minimum atomic E-state index is -1.07. The van der Waals surface area contributed by atoms with Crippen LogP contribution in [0.5, 0.6) is 0 Å². The van der Waals surface area contributed by atoms with E-state index in [0.29, 0.717) is 0 Å². The fourth-order valence-corrected chi connectivity index (χ4v) is 1.82. The van der Waals surface area contributed by atoms with Crippen LogP contribution in [-0.4, -0.2) is 39.0 Å². The van der Waals surface area contributed by atoms with Gasteiger partial charge in [0, 0.05) is 6.92 Å². The molecule has 22 heavy (non-hydrogen) atoms. The Bertz CT molecular complexity index is 610. The Labute approximate surface area is 124 Å². The smallest absolute Gasteiger partial charge is 0.352 e. The number of nitro groups is 1. The van der Waals surface area contributed by atoms with Crippen molar-refractivity contribution in [3.8, 4) is 0 Å². The second-order valence-corrected chi connectivity index (χ2v) is 4.23. The Morgan fingerprint density at radius 1 is 1.55 bits per heavy atom. The van der Waals surface area contributed by atoms with Gasteiger partial charge in [0.2, 0.25) is 0 Å². The number of aromatic nitrogens is 2. The first-order valence-corrected chi connectivity index (χ1v) is 6.22. The number of nitrogens with two attached hydrogens (primary N) is 1. The van der Waals surface area contributed by atoms with Gasteiger partial charge in [-0.05, 0) is 11.3 Å². The molecule has 0 radical (unpaired) electrons. The molecule has 3 N–H and O–H groups in total. The van der Waals surface area contributed by atoms with Crippen molar-refractivity contribution in [3.63, 3.8) is 0 Å². The Morgan fingerprint density at radius 2 is 2.18 bits per heavy atom. The van der Waals surface area contributed by atoms with Gasteiger partial charge in [-0.3, -0.25) is 10.1 Å². The summed E-state index contributed by atoms with van der Waals surface area (Å²) in [7, 11) is 0. The molecule has 1 atom stereocenters. The second kappa shape index (κ2) is 7.15. The summed E-state index contributed by atoms with van der Waals surface area (Å²) in [5.74, 6) is -1.85. The lowest BCUT2D eigenvalue weighted by Crippen LogP contribution is -2.38. The Balaban J connectivity index is 2.86. The molecule has 1 aromatic rings. The molecule has 11 heteroatoms. The Kier molecular flexibility index (Phi) is 5.55. The van der Waals surface area contributed by atoms with Crippen LogP contribution in [0.4, 0.5) is 10.6 Å². The first-order valence-electron chi connectivity index (χ1n) is 6.22.